The number of carboxylic acid groups (broad SMARTS) is 1. The number of rotatable bonds is 3. The van der Waals surface area contributed by atoms with Crippen molar-refractivity contribution in [2.45, 2.75) is 6.42 Å². The number of hydrogen-bond acceptors (Lipinski definition) is 2. The van der Waals surface area contributed by atoms with Gasteiger partial charge in [0.1, 0.15) is 5.75 Å². The van der Waals surface area contributed by atoms with Crippen LogP contribution in [0.15, 0.2) is 12.1 Å². The highest BCUT2D eigenvalue weighted by Crippen LogP contribution is 2.31. The van der Waals surface area contributed by atoms with Crippen LogP contribution in [0.5, 0.6) is 5.75 Å². The molecule has 1 aromatic carbocycles. The molecule has 0 saturated heterocycles. The summed E-state index contributed by atoms with van der Waals surface area (Å²) >= 11 is 11.6. The van der Waals surface area contributed by atoms with Gasteiger partial charge in [-0.05, 0) is 11.6 Å². The molecule has 5 heteroatoms. The summed E-state index contributed by atoms with van der Waals surface area (Å²) in [5, 5.41) is 9.16. The summed E-state index contributed by atoms with van der Waals surface area (Å²) in [7, 11) is 1.48. The van der Waals surface area contributed by atoms with Gasteiger partial charge in [0.25, 0.3) is 0 Å². The molecule has 1 aromatic rings. The van der Waals surface area contributed by atoms with Crippen LogP contribution in [0, 0.1) is 0 Å². The molecule has 0 heterocycles. The zero-order valence-electron chi connectivity index (χ0n) is 7.38. The molecule has 76 valence electrons. The zero-order valence-corrected chi connectivity index (χ0v) is 8.89. The van der Waals surface area contributed by atoms with Gasteiger partial charge in [-0.15, -0.1) is 0 Å². The van der Waals surface area contributed by atoms with Crippen LogP contribution < -0.4 is 4.74 Å². The monoisotopic (exact) mass is 234 g/mol. The average molecular weight is 235 g/mol. The number of hydrogen-bond donors (Lipinski definition) is 1. The van der Waals surface area contributed by atoms with Crippen LogP contribution in [0.3, 0.4) is 0 Å². The van der Waals surface area contributed by atoms with Crippen molar-refractivity contribution in [1.29, 1.82) is 0 Å². The smallest absolute Gasteiger partial charge is 0.307 e. The van der Waals surface area contributed by atoms with Crippen molar-refractivity contribution in [1.82, 2.24) is 0 Å². The topological polar surface area (TPSA) is 46.5 Å². The van der Waals surface area contributed by atoms with Gasteiger partial charge >= 0.3 is 5.97 Å². The third kappa shape index (κ3) is 2.53. The summed E-state index contributed by atoms with van der Waals surface area (Å²) in [6, 6.07) is 3.09. The molecular formula is C9H8Cl2O3. The first-order valence-corrected chi connectivity index (χ1v) is 4.54. The van der Waals surface area contributed by atoms with E-state index in [0.717, 1.165) is 0 Å². The molecule has 1 N–H and O–H groups in total. The first kappa shape index (κ1) is 11.1. The number of benzene rings is 1. The number of carboxylic acids is 1. The summed E-state index contributed by atoms with van der Waals surface area (Å²) in [6.07, 6.45) is -0.171. The Kier molecular flexibility index (Phi) is 3.61. The summed E-state index contributed by atoms with van der Waals surface area (Å²) in [4.78, 5) is 10.5. The van der Waals surface area contributed by atoms with Crippen LogP contribution in [0.25, 0.3) is 0 Å². The van der Waals surface area contributed by atoms with E-state index in [1.165, 1.54) is 13.2 Å². The number of halogens is 2. The normalized spacial score (nSPS) is 9.93. The number of carbonyl (C=O) groups is 1. The highest BCUT2D eigenvalue weighted by atomic mass is 35.5. The lowest BCUT2D eigenvalue weighted by atomic mass is 10.1. The second-order valence-electron chi connectivity index (χ2n) is 2.65. The molecule has 0 saturated carbocycles. The van der Waals surface area contributed by atoms with Crippen LogP contribution in [-0.2, 0) is 11.2 Å². The first-order chi connectivity index (χ1) is 6.54. The van der Waals surface area contributed by atoms with Crippen molar-refractivity contribution in [3.63, 3.8) is 0 Å². The van der Waals surface area contributed by atoms with E-state index in [2.05, 4.69) is 0 Å². The van der Waals surface area contributed by atoms with Crippen LogP contribution in [-0.4, -0.2) is 18.2 Å². The fraction of sp³-hybridized carbons (Fsp3) is 0.222. The maximum absolute atomic E-state index is 10.5. The van der Waals surface area contributed by atoms with E-state index in [4.69, 9.17) is 33.0 Å². The van der Waals surface area contributed by atoms with Crippen LogP contribution in [0.1, 0.15) is 5.56 Å². The van der Waals surface area contributed by atoms with E-state index in [1.807, 2.05) is 0 Å². The van der Waals surface area contributed by atoms with Gasteiger partial charge in [0.2, 0.25) is 0 Å². The molecule has 3 nitrogen and oxygen atoms in total. The zero-order chi connectivity index (χ0) is 10.7. The molecule has 0 aliphatic carbocycles. The molecule has 0 atom stereocenters. The molecule has 0 bridgehead atoms. The largest absolute Gasteiger partial charge is 0.497 e. The van der Waals surface area contributed by atoms with E-state index >= 15 is 0 Å². The second-order valence-corrected chi connectivity index (χ2v) is 3.44. The second kappa shape index (κ2) is 4.53. The third-order valence-electron chi connectivity index (χ3n) is 1.65. The molecule has 0 amide bonds. The SMILES string of the molecule is COc1cc(Cl)c(Cl)c(CC(=O)O)c1. The van der Waals surface area contributed by atoms with Crippen molar-refractivity contribution in [3.05, 3.63) is 27.7 Å². The molecule has 0 radical (unpaired) electrons. The van der Waals surface area contributed by atoms with Gasteiger partial charge in [-0.3, -0.25) is 4.79 Å². The fourth-order valence-electron chi connectivity index (χ4n) is 1.03. The molecule has 14 heavy (non-hydrogen) atoms. The maximum atomic E-state index is 10.5. The van der Waals surface area contributed by atoms with Crippen LogP contribution in [0.4, 0.5) is 0 Å². The van der Waals surface area contributed by atoms with Crippen molar-refractivity contribution in [2.75, 3.05) is 7.11 Å². The molecule has 0 aromatic heterocycles. The molecule has 0 spiro atoms. The lowest BCUT2D eigenvalue weighted by Crippen LogP contribution is -2.01. The van der Waals surface area contributed by atoms with Gasteiger partial charge < -0.3 is 9.84 Å². The highest BCUT2D eigenvalue weighted by Gasteiger charge is 2.10. The van der Waals surface area contributed by atoms with E-state index in [9.17, 15) is 4.79 Å². The quantitative estimate of drug-likeness (QED) is 0.875. The van der Waals surface area contributed by atoms with Gasteiger partial charge in [-0.2, -0.15) is 0 Å². The molecule has 0 fully saturated rings. The number of aliphatic carboxylic acids is 1. The van der Waals surface area contributed by atoms with Crippen molar-refractivity contribution in [2.24, 2.45) is 0 Å². The summed E-state index contributed by atoms with van der Waals surface area (Å²) in [6.45, 7) is 0. The maximum Gasteiger partial charge on any atom is 0.307 e. The Morgan fingerprint density at radius 1 is 1.50 bits per heavy atom. The Balaban J connectivity index is 3.13. The molecule has 0 unspecified atom stereocenters. The minimum atomic E-state index is -0.962. The molecule has 0 aliphatic rings. The Labute approximate surface area is 91.2 Å². The highest BCUT2D eigenvalue weighted by molar-refractivity contribution is 6.42. The summed E-state index contributed by atoms with van der Waals surface area (Å²) in [5.74, 6) is -0.466. The van der Waals surface area contributed by atoms with Gasteiger partial charge in [-0.1, -0.05) is 23.2 Å². The lowest BCUT2D eigenvalue weighted by Gasteiger charge is -2.06. The minimum absolute atomic E-state index is 0.171. The number of methoxy groups -OCH3 is 1. The molecule has 0 aliphatic heterocycles. The van der Waals surface area contributed by atoms with Gasteiger partial charge in [0.15, 0.2) is 0 Å². The third-order valence-corrected chi connectivity index (χ3v) is 2.50. The van der Waals surface area contributed by atoms with Crippen LogP contribution in [0.2, 0.25) is 10.0 Å². The van der Waals surface area contributed by atoms with E-state index in [1.54, 1.807) is 6.07 Å². The van der Waals surface area contributed by atoms with E-state index in [0.29, 0.717) is 16.3 Å². The standard InChI is InChI=1S/C9H8Cl2O3/c1-14-6-2-5(3-8(12)13)9(11)7(10)4-6/h2,4H,3H2,1H3,(H,12,13). The van der Waals surface area contributed by atoms with Gasteiger partial charge in [-0.25, -0.2) is 0 Å². The Bertz CT molecular complexity index is 363. The average Bonchev–Trinajstić information content (AvgIpc) is 2.11. The fourth-order valence-corrected chi connectivity index (χ4v) is 1.43. The predicted molar refractivity (Wildman–Crippen MR) is 54.4 cm³/mol. The predicted octanol–water partition coefficient (Wildman–Crippen LogP) is 2.63. The van der Waals surface area contributed by atoms with Crippen molar-refractivity contribution < 1.29 is 14.6 Å². The van der Waals surface area contributed by atoms with Crippen molar-refractivity contribution >= 4 is 29.2 Å². The van der Waals surface area contributed by atoms with Crippen molar-refractivity contribution in [3.8, 4) is 5.75 Å². The lowest BCUT2D eigenvalue weighted by molar-refractivity contribution is -0.136. The Morgan fingerprint density at radius 3 is 2.64 bits per heavy atom. The minimum Gasteiger partial charge on any atom is -0.497 e. The van der Waals surface area contributed by atoms with Crippen LogP contribution >= 0.6 is 23.2 Å². The van der Waals surface area contributed by atoms with E-state index in [-0.39, 0.29) is 11.4 Å². The first-order valence-electron chi connectivity index (χ1n) is 3.78. The molecule has 1 rings (SSSR count). The summed E-state index contributed by atoms with van der Waals surface area (Å²) < 4.78 is 4.94. The molecular weight excluding hydrogens is 227 g/mol. The Hall–Kier alpha value is -0.930. The Morgan fingerprint density at radius 2 is 2.14 bits per heavy atom. The van der Waals surface area contributed by atoms with Gasteiger partial charge in [0.05, 0.1) is 23.6 Å². The number of ether oxygens (including phenoxy) is 1. The van der Waals surface area contributed by atoms with Gasteiger partial charge in [0, 0.05) is 6.07 Å². The van der Waals surface area contributed by atoms with E-state index < -0.39 is 5.97 Å². The summed E-state index contributed by atoms with van der Waals surface area (Å²) in [5.41, 5.74) is 0.448.